The van der Waals surface area contributed by atoms with Crippen molar-refractivity contribution in [3.8, 4) is 0 Å². The first kappa shape index (κ1) is 39.8. The molecule has 3 rings (SSSR count). The van der Waals surface area contributed by atoms with E-state index in [1.165, 1.54) is 32.6 Å². The van der Waals surface area contributed by atoms with Gasteiger partial charge in [0, 0.05) is 38.4 Å². The van der Waals surface area contributed by atoms with E-state index in [1.54, 1.807) is 0 Å². The normalized spacial score (nSPS) is 35.6. The fraction of sp³-hybridized carbons (Fsp3) is 0.886. The Hall–Kier alpha value is -1.64. The summed E-state index contributed by atoms with van der Waals surface area (Å²) in [5, 5.41) is 68.1. The van der Waals surface area contributed by atoms with E-state index in [-0.39, 0.29) is 25.2 Å². The number of nitrogens with one attached hydrogen (secondary N) is 2. The van der Waals surface area contributed by atoms with E-state index in [0.29, 0.717) is 18.6 Å². The van der Waals surface area contributed by atoms with Gasteiger partial charge in [0.25, 0.3) is 0 Å². The van der Waals surface area contributed by atoms with Crippen LogP contribution in [0, 0.1) is 11.8 Å². The predicted octanol–water partition coefficient (Wildman–Crippen LogP) is 1.61. The summed E-state index contributed by atoms with van der Waals surface area (Å²) in [5.41, 5.74) is 0. The summed E-state index contributed by atoms with van der Waals surface area (Å²) in [7, 11) is 0. The average Bonchev–Trinajstić information content (AvgIpc) is 3.80. The van der Waals surface area contributed by atoms with Crippen molar-refractivity contribution in [2.45, 2.75) is 171 Å². The molecule has 1 aliphatic heterocycles. The monoisotopic (exact) mass is 670 g/mol. The van der Waals surface area contributed by atoms with Gasteiger partial charge in [-0.15, -0.1) is 0 Å². The van der Waals surface area contributed by atoms with Crippen LogP contribution in [0.1, 0.15) is 110 Å². The van der Waals surface area contributed by atoms with E-state index in [1.807, 2.05) is 0 Å². The molecule has 12 nitrogen and oxygen atoms in total. The molecule has 12 atom stereocenters. The maximum absolute atomic E-state index is 12.8. The molecule has 272 valence electrons. The lowest BCUT2D eigenvalue weighted by atomic mass is 9.77. The van der Waals surface area contributed by atoms with Crippen LogP contribution >= 0.6 is 0 Å². The highest BCUT2D eigenvalue weighted by molar-refractivity contribution is 5.76. The third-order valence-corrected chi connectivity index (χ3v) is 10.1. The van der Waals surface area contributed by atoms with Gasteiger partial charge in [-0.3, -0.25) is 9.59 Å². The molecule has 12 heteroatoms. The van der Waals surface area contributed by atoms with Crippen molar-refractivity contribution in [2.75, 3.05) is 13.2 Å². The number of hydrogen-bond donors (Lipinski definition) is 8. The number of ether oxygens (including phenoxy) is 2. The molecule has 3 aliphatic rings. The highest BCUT2D eigenvalue weighted by Gasteiger charge is 2.50. The maximum atomic E-state index is 12.8. The summed E-state index contributed by atoms with van der Waals surface area (Å²) < 4.78 is 11.9. The summed E-state index contributed by atoms with van der Waals surface area (Å²) in [4.78, 5) is 24.6. The van der Waals surface area contributed by atoms with Crippen molar-refractivity contribution in [3.63, 3.8) is 0 Å². The third kappa shape index (κ3) is 12.6. The van der Waals surface area contributed by atoms with Gasteiger partial charge in [-0.25, -0.2) is 0 Å². The smallest absolute Gasteiger partial charge is 0.220 e. The molecule has 0 bridgehead atoms. The van der Waals surface area contributed by atoms with Gasteiger partial charge >= 0.3 is 0 Å². The molecule has 0 aromatic carbocycles. The average molecular weight is 671 g/mol. The van der Waals surface area contributed by atoms with Crippen LogP contribution < -0.4 is 10.6 Å². The molecule has 0 aromatic heterocycles. The van der Waals surface area contributed by atoms with Gasteiger partial charge in [-0.2, -0.15) is 0 Å². The Balaban J connectivity index is 1.36. The van der Waals surface area contributed by atoms with E-state index in [0.717, 1.165) is 44.9 Å². The second-order valence-electron chi connectivity index (χ2n) is 13.9. The van der Waals surface area contributed by atoms with Crippen LogP contribution in [0.4, 0.5) is 0 Å². The zero-order chi connectivity index (χ0) is 34.3. The Morgan fingerprint density at radius 3 is 2.17 bits per heavy atom. The number of epoxide rings is 1. The van der Waals surface area contributed by atoms with E-state index in [4.69, 9.17) is 9.47 Å². The van der Waals surface area contributed by atoms with Crippen molar-refractivity contribution >= 4 is 11.8 Å². The number of allylic oxidation sites excluding steroid dienone is 1. The van der Waals surface area contributed by atoms with E-state index in [2.05, 4.69) is 29.7 Å². The number of aliphatic hydroxyl groups is 6. The summed E-state index contributed by atoms with van der Waals surface area (Å²) >= 11 is 0. The van der Waals surface area contributed by atoms with Gasteiger partial charge in [0.05, 0.1) is 48.7 Å². The topological polar surface area (TPSA) is 201 Å². The van der Waals surface area contributed by atoms with Crippen LogP contribution in [0.15, 0.2) is 12.2 Å². The minimum atomic E-state index is -1.43. The summed E-state index contributed by atoms with van der Waals surface area (Å²) in [6, 6.07) is -2.06. The lowest BCUT2D eigenvalue weighted by Crippen LogP contribution is -2.66. The molecule has 3 fully saturated rings. The zero-order valence-corrected chi connectivity index (χ0v) is 28.4. The van der Waals surface area contributed by atoms with Crippen LogP contribution in [-0.4, -0.2) is 117 Å². The lowest BCUT2D eigenvalue weighted by molar-refractivity contribution is -0.199. The van der Waals surface area contributed by atoms with Gasteiger partial charge in [0.2, 0.25) is 11.8 Å². The minimum absolute atomic E-state index is 0.0540. The molecular formula is C35H62N2O10. The SMILES string of the molecule is CCCCCC1OC1C/C=C\CCCCCCCCC(=O)NC1[C@H](O)CC(CO)[C@@H](O[C@@H]2CC(CO)[C@@H](O)[C@H](O)C2NC(C)=O)[C@@H]1O. The molecule has 8 N–H and O–H groups in total. The fourth-order valence-corrected chi connectivity index (χ4v) is 7.18. The Bertz CT molecular complexity index is 953. The number of carbonyl (C=O) groups is 2. The molecule has 0 aromatic rings. The number of aliphatic hydroxyl groups excluding tert-OH is 6. The molecule has 1 saturated heterocycles. The van der Waals surface area contributed by atoms with Crippen LogP contribution in [0.2, 0.25) is 0 Å². The fourth-order valence-electron chi connectivity index (χ4n) is 7.18. The number of amides is 2. The second kappa shape index (κ2) is 20.8. The Labute approximate surface area is 280 Å². The quantitative estimate of drug-likeness (QED) is 0.0504. The first-order valence-electron chi connectivity index (χ1n) is 18.1. The Morgan fingerprint density at radius 1 is 0.787 bits per heavy atom. The molecule has 2 saturated carbocycles. The highest BCUT2D eigenvalue weighted by atomic mass is 16.6. The Kier molecular flexibility index (Phi) is 17.6. The molecule has 2 aliphatic carbocycles. The maximum Gasteiger partial charge on any atom is 0.220 e. The standard InChI is InChI=1S/C35H62N2O10/c1-3-4-12-15-26-27(46-26)16-13-10-8-6-5-7-9-11-14-17-29(42)37-30-25(41)18-24(21-39)35(34(30)45)47-28-19-23(20-38)32(43)33(44)31(28)36-22(2)40/h10,13,23-28,30-35,38-39,41,43-45H,3-9,11-12,14-21H2,1-2H3,(H,36,40)(H,37,42)/b13-10-/t23?,24?,25-,26?,27?,28-,30?,31?,32-,33-,34-,35-/m1/s1. The van der Waals surface area contributed by atoms with Crippen molar-refractivity contribution in [1.82, 2.24) is 10.6 Å². The first-order valence-corrected chi connectivity index (χ1v) is 18.1. The second-order valence-corrected chi connectivity index (χ2v) is 13.9. The Morgan fingerprint density at radius 2 is 1.49 bits per heavy atom. The summed E-state index contributed by atoms with van der Waals surface area (Å²) in [6.45, 7) is 2.65. The summed E-state index contributed by atoms with van der Waals surface area (Å²) in [6.07, 6.45) is 11.7. The van der Waals surface area contributed by atoms with Crippen LogP contribution in [0.3, 0.4) is 0 Å². The van der Waals surface area contributed by atoms with Gasteiger partial charge < -0.3 is 50.7 Å². The molecule has 0 radical (unpaired) electrons. The van der Waals surface area contributed by atoms with Gasteiger partial charge in [0.1, 0.15) is 12.2 Å². The van der Waals surface area contributed by atoms with Crippen LogP contribution in [0.25, 0.3) is 0 Å². The van der Waals surface area contributed by atoms with E-state index in [9.17, 15) is 40.2 Å². The zero-order valence-electron chi connectivity index (χ0n) is 28.4. The van der Waals surface area contributed by atoms with Gasteiger partial charge in [-0.05, 0) is 44.9 Å². The van der Waals surface area contributed by atoms with E-state index >= 15 is 0 Å². The number of hydrogen-bond acceptors (Lipinski definition) is 10. The molecular weight excluding hydrogens is 608 g/mol. The molecule has 2 amide bonds. The van der Waals surface area contributed by atoms with Crippen LogP contribution in [0.5, 0.6) is 0 Å². The van der Waals surface area contributed by atoms with Gasteiger partial charge in [-0.1, -0.05) is 64.0 Å². The van der Waals surface area contributed by atoms with Crippen molar-refractivity contribution < 1.29 is 49.7 Å². The largest absolute Gasteiger partial charge is 0.396 e. The molecule has 1 heterocycles. The third-order valence-electron chi connectivity index (χ3n) is 10.1. The summed E-state index contributed by atoms with van der Waals surface area (Å²) in [5.74, 6) is -2.16. The predicted molar refractivity (Wildman–Crippen MR) is 176 cm³/mol. The lowest BCUT2D eigenvalue weighted by Gasteiger charge is -2.48. The first-order chi connectivity index (χ1) is 22.6. The van der Waals surface area contributed by atoms with Crippen molar-refractivity contribution in [2.24, 2.45) is 11.8 Å². The molecule has 47 heavy (non-hydrogen) atoms. The van der Waals surface area contributed by atoms with Crippen LogP contribution in [-0.2, 0) is 19.1 Å². The number of unbranched alkanes of at least 4 members (excludes halogenated alkanes) is 8. The number of rotatable bonds is 21. The number of carbonyl (C=O) groups excluding carboxylic acids is 2. The van der Waals surface area contributed by atoms with E-state index < -0.39 is 79.7 Å². The highest BCUT2D eigenvalue weighted by Crippen LogP contribution is 2.34. The van der Waals surface area contributed by atoms with Crippen molar-refractivity contribution in [3.05, 3.63) is 12.2 Å². The van der Waals surface area contributed by atoms with Gasteiger partial charge in [0.15, 0.2) is 0 Å². The van der Waals surface area contributed by atoms with Crippen molar-refractivity contribution in [1.29, 1.82) is 0 Å². The molecule has 6 unspecified atom stereocenters. The minimum Gasteiger partial charge on any atom is -0.396 e. The molecule has 0 spiro atoms.